The van der Waals surface area contributed by atoms with Gasteiger partial charge in [0.15, 0.2) is 11.5 Å². The number of anilines is 5. The van der Waals surface area contributed by atoms with Crippen molar-refractivity contribution in [2.45, 2.75) is 0 Å². The monoisotopic (exact) mass is 452 g/mol. The summed E-state index contributed by atoms with van der Waals surface area (Å²) in [4.78, 5) is 24.3. The van der Waals surface area contributed by atoms with E-state index in [4.69, 9.17) is 18.9 Å². The Morgan fingerprint density at radius 2 is 1.48 bits per heavy atom. The first kappa shape index (κ1) is 23.1. The van der Waals surface area contributed by atoms with Gasteiger partial charge in [-0.15, -0.1) is 0 Å². The number of hydrogen-bond acceptors (Lipinski definition) is 10. The van der Waals surface area contributed by atoms with Crippen LogP contribution in [0.15, 0.2) is 49.3 Å². The van der Waals surface area contributed by atoms with E-state index in [0.29, 0.717) is 40.1 Å². The summed E-state index contributed by atoms with van der Waals surface area (Å²) in [5, 5.41) is 8.85. The molecule has 0 atom stereocenters. The molecule has 0 spiro atoms. The van der Waals surface area contributed by atoms with E-state index >= 15 is 0 Å². The molecule has 0 fully saturated rings. The molecule has 0 bridgehead atoms. The first-order valence-electron chi connectivity index (χ1n) is 9.65. The second-order valence-electron chi connectivity index (χ2n) is 6.41. The Hall–Kier alpha value is -4.54. The van der Waals surface area contributed by atoms with Crippen molar-refractivity contribution in [3.63, 3.8) is 0 Å². The van der Waals surface area contributed by atoms with E-state index in [1.165, 1.54) is 40.8 Å². The van der Waals surface area contributed by atoms with E-state index < -0.39 is 0 Å². The number of ether oxygens (including phenoxy) is 4. The van der Waals surface area contributed by atoms with Crippen molar-refractivity contribution in [1.29, 1.82) is 0 Å². The van der Waals surface area contributed by atoms with Gasteiger partial charge in [-0.25, -0.2) is 9.97 Å². The van der Waals surface area contributed by atoms with Gasteiger partial charge in [0.05, 0.1) is 34.1 Å². The van der Waals surface area contributed by atoms with Crippen LogP contribution >= 0.6 is 0 Å². The van der Waals surface area contributed by atoms with E-state index in [1.807, 2.05) is 0 Å². The van der Waals surface area contributed by atoms with E-state index in [-0.39, 0.29) is 17.8 Å². The Kier molecular flexibility index (Phi) is 7.47. The van der Waals surface area contributed by atoms with Gasteiger partial charge in [0.1, 0.15) is 12.1 Å². The predicted octanol–water partition coefficient (Wildman–Crippen LogP) is 3.52. The fourth-order valence-corrected chi connectivity index (χ4v) is 2.90. The van der Waals surface area contributed by atoms with E-state index in [9.17, 15) is 4.79 Å². The highest BCUT2D eigenvalue weighted by molar-refractivity contribution is 5.99. The molecule has 1 heterocycles. The largest absolute Gasteiger partial charge is 0.495 e. The number of carbonyl (C=O) groups excluding carboxylic acids is 1. The van der Waals surface area contributed by atoms with Crippen LogP contribution in [0.2, 0.25) is 0 Å². The number of benzene rings is 2. The molecule has 3 N–H and O–H groups in total. The van der Waals surface area contributed by atoms with E-state index in [0.717, 1.165) is 0 Å². The smallest absolute Gasteiger partial charge is 0.247 e. The van der Waals surface area contributed by atoms with Gasteiger partial charge in [-0.3, -0.25) is 4.79 Å². The number of amides is 1. The van der Waals surface area contributed by atoms with Gasteiger partial charge < -0.3 is 34.9 Å². The zero-order valence-electron chi connectivity index (χ0n) is 18.6. The normalized spacial score (nSPS) is 10.1. The molecular weight excluding hydrogens is 428 g/mol. The molecule has 33 heavy (non-hydrogen) atoms. The highest BCUT2D eigenvalue weighted by Gasteiger charge is 2.14. The highest BCUT2D eigenvalue weighted by atomic mass is 16.5. The average Bonchev–Trinajstić information content (AvgIpc) is 2.83. The Morgan fingerprint density at radius 1 is 0.848 bits per heavy atom. The van der Waals surface area contributed by atoms with Crippen LogP contribution in [-0.2, 0) is 4.79 Å². The maximum atomic E-state index is 11.6. The lowest BCUT2D eigenvalue weighted by atomic mass is 10.2. The number of aromatic nitrogens is 3. The Morgan fingerprint density at radius 3 is 2.06 bits per heavy atom. The van der Waals surface area contributed by atoms with Crippen LogP contribution in [-0.4, -0.2) is 49.3 Å². The van der Waals surface area contributed by atoms with Crippen LogP contribution in [0.1, 0.15) is 0 Å². The van der Waals surface area contributed by atoms with Crippen molar-refractivity contribution in [3.05, 3.63) is 49.3 Å². The molecule has 0 radical (unpaired) electrons. The number of nitrogens with zero attached hydrogens (tertiary/aromatic N) is 3. The van der Waals surface area contributed by atoms with Gasteiger partial charge in [0.2, 0.25) is 23.6 Å². The molecule has 3 aromatic rings. The molecular formula is C22H24N6O5. The molecule has 0 saturated heterocycles. The summed E-state index contributed by atoms with van der Waals surface area (Å²) >= 11 is 0. The molecule has 1 aromatic heterocycles. The van der Waals surface area contributed by atoms with Crippen LogP contribution in [0, 0.1) is 0 Å². The lowest BCUT2D eigenvalue weighted by Gasteiger charge is -2.15. The third-order valence-electron chi connectivity index (χ3n) is 4.39. The summed E-state index contributed by atoms with van der Waals surface area (Å²) in [6.07, 6.45) is 2.54. The summed E-state index contributed by atoms with van der Waals surface area (Å²) in [7, 11) is 6.13. The van der Waals surface area contributed by atoms with E-state index in [1.54, 1.807) is 30.3 Å². The highest BCUT2D eigenvalue weighted by Crippen LogP contribution is 2.40. The van der Waals surface area contributed by atoms with Crippen molar-refractivity contribution in [1.82, 2.24) is 15.0 Å². The van der Waals surface area contributed by atoms with Crippen LogP contribution in [0.4, 0.5) is 29.0 Å². The molecule has 0 unspecified atom stereocenters. The second kappa shape index (κ2) is 10.7. The number of carbonyl (C=O) groups is 1. The SMILES string of the molecule is C=CC(=O)Nc1ccc(OC)c(Nc2ncnc(Nc3cc(OC)c(OC)c(OC)c3)n2)c1. The lowest BCUT2D eigenvalue weighted by Crippen LogP contribution is -2.08. The fraction of sp³-hybridized carbons (Fsp3) is 0.182. The fourth-order valence-electron chi connectivity index (χ4n) is 2.90. The minimum absolute atomic E-state index is 0.255. The van der Waals surface area contributed by atoms with Gasteiger partial charge >= 0.3 is 0 Å². The maximum absolute atomic E-state index is 11.6. The third kappa shape index (κ3) is 5.58. The van der Waals surface area contributed by atoms with Gasteiger partial charge in [-0.1, -0.05) is 6.58 Å². The van der Waals surface area contributed by atoms with E-state index in [2.05, 4.69) is 37.5 Å². The summed E-state index contributed by atoms with van der Waals surface area (Å²) in [5.74, 6) is 2.17. The molecule has 11 heteroatoms. The Balaban J connectivity index is 1.86. The Labute approximate surface area is 190 Å². The second-order valence-corrected chi connectivity index (χ2v) is 6.41. The first-order valence-corrected chi connectivity index (χ1v) is 9.65. The van der Waals surface area contributed by atoms with Crippen molar-refractivity contribution in [2.75, 3.05) is 44.4 Å². The van der Waals surface area contributed by atoms with Crippen molar-refractivity contribution < 1.29 is 23.7 Å². The number of nitrogens with one attached hydrogen (secondary N) is 3. The van der Waals surface area contributed by atoms with Crippen LogP contribution in [0.3, 0.4) is 0 Å². The van der Waals surface area contributed by atoms with Gasteiger partial charge in [-0.05, 0) is 24.3 Å². The molecule has 0 aliphatic carbocycles. The van der Waals surface area contributed by atoms with Crippen molar-refractivity contribution in [3.8, 4) is 23.0 Å². The van der Waals surface area contributed by atoms with Crippen LogP contribution < -0.4 is 34.9 Å². The van der Waals surface area contributed by atoms with Crippen LogP contribution in [0.5, 0.6) is 23.0 Å². The molecule has 172 valence electrons. The van der Waals surface area contributed by atoms with Gasteiger partial charge in [0.25, 0.3) is 0 Å². The number of hydrogen-bond donors (Lipinski definition) is 3. The van der Waals surface area contributed by atoms with Gasteiger partial charge in [-0.2, -0.15) is 4.98 Å². The topological polar surface area (TPSA) is 129 Å². The molecule has 0 aliphatic heterocycles. The number of rotatable bonds is 10. The minimum atomic E-state index is -0.330. The number of methoxy groups -OCH3 is 4. The van der Waals surface area contributed by atoms with Crippen molar-refractivity contribution in [2.24, 2.45) is 0 Å². The zero-order valence-corrected chi connectivity index (χ0v) is 18.6. The zero-order chi connectivity index (χ0) is 23.8. The van der Waals surface area contributed by atoms with Crippen LogP contribution in [0.25, 0.3) is 0 Å². The Bertz CT molecular complexity index is 1130. The van der Waals surface area contributed by atoms with Crippen molar-refractivity contribution >= 4 is 34.9 Å². The summed E-state index contributed by atoms with van der Waals surface area (Å²) in [6, 6.07) is 8.56. The molecule has 11 nitrogen and oxygen atoms in total. The lowest BCUT2D eigenvalue weighted by molar-refractivity contribution is -0.111. The predicted molar refractivity (Wildman–Crippen MR) is 124 cm³/mol. The quantitative estimate of drug-likeness (QED) is 0.393. The maximum Gasteiger partial charge on any atom is 0.247 e. The summed E-state index contributed by atoms with van der Waals surface area (Å²) in [6.45, 7) is 3.45. The first-order chi connectivity index (χ1) is 16.0. The summed E-state index contributed by atoms with van der Waals surface area (Å²) in [5.41, 5.74) is 1.71. The molecule has 2 aromatic carbocycles. The molecule has 3 rings (SSSR count). The molecule has 0 aliphatic rings. The third-order valence-corrected chi connectivity index (χ3v) is 4.39. The van der Waals surface area contributed by atoms with Gasteiger partial charge in [0, 0.05) is 23.5 Å². The molecule has 0 saturated carbocycles. The average molecular weight is 452 g/mol. The summed E-state index contributed by atoms with van der Waals surface area (Å²) < 4.78 is 21.5. The minimum Gasteiger partial charge on any atom is -0.495 e. The molecule has 1 amide bonds. The standard InChI is InChI=1S/C22H24N6O5/c1-6-19(29)25-13-7-8-16(30-2)15(9-13)27-22-24-12-23-21(28-22)26-14-10-17(31-3)20(33-5)18(11-14)32-4/h6-12H,1H2,2-5H3,(H,25,29)(H2,23,24,26,27,28).